The molecule has 5 heteroatoms. The smallest absolute Gasteiger partial charge is 0.151 e. The zero-order valence-corrected chi connectivity index (χ0v) is 12.7. The Kier molecular flexibility index (Phi) is 6.08. The van der Waals surface area contributed by atoms with E-state index in [4.69, 9.17) is 5.73 Å². The van der Waals surface area contributed by atoms with Crippen molar-refractivity contribution in [3.05, 3.63) is 0 Å². The monoisotopic (exact) mass is 276 g/mol. The Morgan fingerprint density at radius 3 is 2.50 bits per heavy atom. The fourth-order valence-corrected chi connectivity index (χ4v) is 4.50. The lowest BCUT2D eigenvalue weighted by atomic mass is 9.94. The van der Waals surface area contributed by atoms with Gasteiger partial charge < -0.3 is 10.6 Å². The molecule has 1 saturated heterocycles. The van der Waals surface area contributed by atoms with E-state index < -0.39 is 9.84 Å². The molecule has 0 saturated carbocycles. The molecule has 108 valence electrons. The molecule has 1 aliphatic rings. The number of hydrogen-bond acceptors (Lipinski definition) is 4. The van der Waals surface area contributed by atoms with E-state index >= 15 is 0 Å². The van der Waals surface area contributed by atoms with Crippen LogP contribution in [-0.4, -0.2) is 51.0 Å². The van der Waals surface area contributed by atoms with Crippen molar-refractivity contribution in [1.29, 1.82) is 0 Å². The molecule has 1 aliphatic heterocycles. The number of nitrogens with two attached hydrogens (primary N) is 1. The maximum Gasteiger partial charge on any atom is 0.151 e. The third-order valence-corrected chi connectivity index (χ3v) is 5.61. The lowest BCUT2D eigenvalue weighted by molar-refractivity contribution is 0.234. The van der Waals surface area contributed by atoms with Crippen molar-refractivity contribution in [3.63, 3.8) is 0 Å². The molecule has 1 fully saturated rings. The molecule has 0 aromatic rings. The summed E-state index contributed by atoms with van der Waals surface area (Å²) in [5, 5.41) is 0. The summed E-state index contributed by atoms with van der Waals surface area (Å²) < 4.78 is 22.9. The SMILES string of the molecule is CC(C)CC(CN)CCN(C)C1CCS(=O)(=O)C1. The lowest BCUT2D eigenvalue weighted by Gasteiger charge is -2.26. The van der Waals surface area contributed by atoms with Gasteiger partial charge in [-0.25, -0.2) is 8.42 Å². The van der Waals surface area contributed by atoms with Crippen LogP contribution in [0.4, 0.5) is 0 Å². The van der Waals surface area contributed by atoms with Crippen LogP contribution in [0.15, 0.2) is 0 Å². The lowest BCUT2D eigenvalue weighted by Crippen LogP contribution is -2.35. The molecule has 4 nitrogen and oxygen atoms in total. The number of rotatable bonds is 7. The van der Waals surface area contributed by atoms with Crippen LogP contribution in [0.25, 0.3) is 0 Å². The highest BCUT2D eigenvalue weighted by atomic mass is 32.2. The number of sulfone groups is 1. The Morgan fingerprint density at radius 2 is 2.06 bits per heavy atom. The van der Waals surface area contributed by atoms with E-state index in [0.717, 1.165) is 32.4 Å². The average Bonchev–Trinajstić information content (AvgIpc) is 2.64. The first-order chi connectivity index (χ1) is 8.34. The van der Waals surface area contributed by atoms with Gasteiger partial charge in [0.05, 0.1) is 11.5 Å². The van der Waals surface area contributed by atoms with Gasteiger partial charge >= 0.3 is 0 Å². The van der Waals surface area contributed by atoms with Crippen LogP contribution < -0.4 is 5.73 Å². The van der Waals surface area contributed by atoms with Crippen molar-refractivity contribution >= 4 is 9.84 Å². The van der Waals surface area contributed by atoms with Crippen molar-refractivity contribution in [3.8, 4) is 0 Å². The first-order valence-corrected chi connectivity index (χ1v) is 8.77. The van der Waals surface area contributed by atoms with Crippen molar-refractivity contribution in [2.45, 2.75) is 39.2 Å². The molecule has 0 bridgehead atoms. The van der Waals surface area contributed by atoms with Crippen LogP contribution in [-0.2, 0) is 9.84 Å². The minimum atomic E-state index is -2.77. The van der Waals surface area contributed by atoms with Crippen LogP contribution in [0.2, 0.25) is 0 Å². The van der Waals surface area contributed by atoms with E-state index in [2.05, 4.69) is 18.7 Å². The zero-order valence-electron chi connectivity index (χ0n) is 11.9. The van der Waals surface area contributed by atoms with E-state index in [-0.39, 0.29) is 6.04 Å². The second kappa shape index (κ2) is 6.87. The van der Waals surface area contributed by atoms with Gasteiger partial charge in [-0.15, -0.1) is 0 Å². The molecular weight excluding hydrogens is 248 g/mol. The molecule has 0 aromatic carbocycles. The number of nitrogens with zero attached hydrogens (tertiary/aromatic N) is 1. The summed E-state index contributed by atoms with van der Waals surface area (Å²) in [6.45, 7) is 6.12. The fourth-order valence-electron chi connectivity index (χ4n) is 2.69. The van der Waals surface area contributed by atoms with Crippen LogP contribution >= 0.6 is 0 Å². The Hall–Kier alpha value is -0.130. The molecule has 2 atom stereocenters. The first-order valence-electron chi connectivity index (χ1n) is 6.94. The Balaban J connectivity index is 2.34. The third kappa shape index (κ3) is 5.24. The minimum absolute atomic E-state index is 0.215. The second-order valence-electron chi connectivity index (χ2n) is 6.06. The highest BCUT2D eigenvalue weighted by Crippen LogP contribution is 2.19. The van der Waals surface area contributed by atoms with Crippen molar-refractivity contribution in [1.82, 2.24) is 4.90 Å². The summed E-state index contributed by atoms with van der Waals surface area (Å²) in [6, 6.07) is 0.215. The standard InChI is InChI=1S/C13H28N2O2S/c1-11(2)8-12(9-14)4-6-15(3)13-5-7-18(16,17)10-13/h11-13H,4-10,14H2,1-3H3. The maximum atomic E-state index is 11.4. The molecule has 1 heterocycles. The second-order valence-corrected chi connectivity index (χ2v) is 8.29. The normalized spacial score (nSPS) is 24.9. The van der Waals surface area contributed by atoms with Gasteiger partial charge in [-0.2, -0.15) is 0 Å². The van der Waals surface area contributed by atoms with E-state index in [1.807, 2.05) is 7.05 Å². The Morgan fingerprint density at radius 1 is 1.39 bits per heavy atom. The van der Waals surface area contributed by atoms with Crippen LogP contribution in [0.1, 0.15) is 33.1 Å². The van der Waals surface area contributed by atoms with E-state index in [0.29, 0.717) is 23.3 Å². The van der Waals surface area contributed by atoms with E-state index in [1.54, 1.807) is 0 Å². The molecule has 0 spiro atoms. The molecule has 0 amide bonds. The van der Waals surface area contributed by atoms with E-state index in [1.165, 1.54) is 0 Å². The van der Waals surface area contributed by atoms with Crippen molar-refractivity contribution in [2.75, 3.05) is 31.6 Å². The van der Waals surface area contributed by atoms with Crippen molar-refractivity contribution < 1.29 is 8.42 Å². The molecule has 0 aliphatic carbocycles. The van der Waals surface area contributed by atoms with E-state index in [9.17, 15) is 8.42 Å². The molecule has 2 N–H and O–H groups in total. The third-order valence-electron chi connectivity index (χ3n) is 3.86. The summed E-state index contributed by atoms with van der Waals surface area (Å²) in [6.07, 6.45) is 3.02. The van der Waals surface area contributed by atoms with Gasteiger partial charge in [0.15, 0.2) is 9.84 Å². The van der Waals surface area contributed by atoms with Gasteiger partial charge in [0.2, 0.25) is 0 Å². The highest BCUT2D eigenvalue weighted by Gasteiger charge is 2.30. The summed E-state index contributed by atoms with van der Waals surface area (Å²) in [5.74, 6) is 1.93. The minimum Gasteiger partial charge on any atom is -0.330 e. The topological polar surface area (TPSA) is 63.4 Å². The molecule has 2 unspecified atom stereocenters. The van der Waals surface area contributed by atoms with Crippen molar-refractivity contribution in [2.24, 2.45) is 17.6 Å². The fraction of sp³-hybridized carbons (Fsp3) is 1.00. The summed E-state index contributed by atoms with van der Waals surface area (Å²) >= 11 is 0. The van der Waals surface area contributed by atoms with Crippen LogP contribution in [0.3, 0.4) is 0 Å². The van der Waals surface area contributed by atoms with Crippen LogP contribution in [0, 0.1) is 11.8 Å². The first kappa shape index (κ1) is 15.9. The zero-order chi connectivity index (χ0) is 13.8. The van der Waals surface area contributed by atoms with Gasteiger partial charge in [-0.05, 0) is 51.2 Å². The summed E-state index contributed by atoms with van der Waals surface area (Å²) in [7, 11) is -0.734. The summed E-state index contributed by atoms with van der Waals surface area (Å²) in [5.41, 5.74) is 5.79. The predicted molar refractivity (Wildman–Crippen MR) is 76.3 cm³/mol. The van der Waals surface area contributed by atoms with Crippen LogP contribution in [0.5, 0.6) is 0 Å². The molecule has 1 rings (SSSR count). The average molecular weight is 276 g/mol. The number of hydrogen-bond donors (Lipinski definition) is 1. The maximum absolute atomic E-state index is 11.4. The molecule has 0 aromatic heterocycles. The summed E-state index contributed by atoms with van der Waals surface area (Å²) in [4.78, 5) is 2.20. The van der Waals surface area contributed by atoms with Gasteiger partial charge in [-0.1, -0.05) is 13.8 Å². The van der Waals surface area contributed by atoms with Gasteiger partial charge in [0, 0.05) is 6.04 Å². The molecule has 18 heavy (non-hydrogen) atoms. The molecular formula is C13H28N2O2S. The Bertz CT molecular complexity index is 341. The largest absolute Gasteiger partial charge is 0.330 e. The van der Waals surface area contributed by atoms with Gasteiger partial charge in [0.25, 0.3) is 0 Å². The van der Waals surface area contributed by atoms with Gasteiger partial charge in [0.1, 0.15) is 0 Å². The Labute approximate surface area is 112 Å². The quantitative estimate of drug-likeness (QED) is 0.757. The highest BCUT2D eigenvalue weighted by molar-refractivity contribution is 7.91. The predicted octanol–water partition coefficient (Wildman–Crippen LogP) is 1.12. The van der Waals surface area contributed by atoms with Gasteiger partial charge in [-0.3, -0.25) is 0 Å². The molecule has 0 radical (unpaired) electrons.